The Labute approximate surface area is 752 Å². The summed E-state index contributed by atoms with van der Waals surface area (Å²) in [6.45, 7) is 12.1. The zero-order valence-electron chi connectivity index (χ0n) is 78.5. The molecular weight excluding hydrogens is 1630 g/mol. The number of esters is 10. The number of hydrogen-bond acceptors (Lipinski definition) is 28. The number of unbranched alkanes of at least 4 members (excludes halogenated alkanes) is 28. The van der Waals surface area contributed by atoms with Crippen molar-refractivity contribution in [1.82, 2.24) is 0 Å². The molecule has 0 aromatic heterocycles. The van der Waals surface area contributed by atoms with E-state index in [0.29, 0.717) is 141 Å². The molecule has 11 atom stereocenters. The van der Waals surface area contributed by atoms with Crippen LogP contribution in [0.5, 0.6) is 0 Å². The van der Waals surface area contributed by atoms with E-state index >= 15 is 0 Å². The minimum absolute atomic E-state index is 0.111. The number of carbonyl (C=O) groups excluding carboxylic acids is 10. The minimum Gasteiger partial charge on any atom is -0.469 e. The first-order valence-corrected chi connectivity index (χ1v) is 47.7. The second-order valence-electron chi connectivity index (χ2n) is 33.8. The summed E-state index contributed by atoms with van der Waals surface area (Å²) in [7, 11) is 5.36. The molecule has 0 aliphatic heterocycles. The Hall–Kier alpha value is -7.18. The van der Waals surface area contributed by atoms with Crippen molar-refractivity contribution in [3.63, 3.8) is 0 Å². The molecule has 0 heterocycles. The normalized spacial score (nSPS) is 14.3. The standard InChI is InChI=1S/C98H162O28/c1-12-16-20-24-40-52-85(81(100)48-36-28-32-44-56-89(104)114-8)123-93(108)74-60-62-77(79(64-74)97(112)125-87(54-42-26-22-18-14-3)83(102)50-38-30-34-46-58-91(106)116-10)95(110)121-72(6)67-118-69-76(120-66-71(5)99)70-119-68-73(7)122-96(111)78-63-61-75(94(109)124-86(53-41-25-21-17-13-2)82(101)49-37-29-33-45-57-90(105)115-9)65-80(78)98(113)126-88(55-43-27-23-19-15-4)84(103)51-39-31-35-47-59-92(107)117-11/h60-65,71-73,76,81-88,99-103H,12-59,66-70H2,1-11H3. The van der Waals surface area contributed by atoms with Gasteiger partial charge in [0.2, 0.25) is 0 Å². The largest absolute Gasteiger partial charge is 0.469 e. The Morgan fingerprint density at radius 2 is 0.508 bits per heavy atom. The van der Waals surface area contributed by atoms with E-state index in [0.717, 1.165) is 128 Å². The SMILES string of the molecule is CCCCCCCC(OC(=O)c1ccc(C(=O)OC(C)COCC(COCC(C)OC(=O)c2ccc(C(=O)OC(CCCCCCC)C(O)CCCCCCC(=O)OC)cc2C(=O)OC(CCCCCCC)C(O)CCCCCCC(=O)OC)OCC(C)O)c(C(=O)OC(CCCCCCC)C(O)CCCCCCC(=O)OC)c1)C(O)CCCCCCC(=O)OC. The van der Waals surface area contributed by atoms with Crippen LogP contribution in [-0.2, 0) is 80.8 Å². The number of aliphatic hydroxyl groups excluding tert-OH is 5. The van der Waals surface area contributed by atoms with Crippen LogP contribution in [0.4, 0.5) is 0 Å². The summed E-state index contributed by atoms with van der Waals surface area (Å²) in [4.78, 5) is 134. The smallest absolute Gasteiger partial charge is 0.339 e. The van der Waals surface area contributed by atoms with Crippen molar-refractivity contribution in [1.29, 1.82) is 0 Å². The van der Waals surface area contributed by atoms with E-state index in [1.807, 2.05) is 0 Å². The van der Waals surface area contributed by atoms with Crippen LogP contribution in [0.3, 0.4) is 0 Å². The van der Waals surface area contributed by atoms with Gasteiger partial charge in [0, 0.05) is 25.7 Å². The maximum atomic E-state index is 14.8. The highest BCUT2D eigenvalue weighted by atomic mass is 16.6. The average molecular weight is 1790 g/mol. The molecule has 0 amide bonds. The van der Waals surface area contributed by atoms with Crippen LogP contribution in [0, 0.1) is 0 Å². The van der Waals surface area contributed by atoms with Gasteiger partial charge >= 0.3 is 59.7 Å². The van der Waals surface area contributed by atoms with E-state index in [2.05, 4.69) is 27.7 Å². The number of methoxy groups -OCH3 is 4. The molecule has 0 aliphatic rings. The molecular formula is C98H162O28. The Morgan fingerprint density at radius 1 is 0.270 bits per heavy atom. The lowest BCUT2D eigenvalue weighted by Crippen LogP contribution is -2.33. The lowest BCUT2D eigenvalue weighted by Gasteiger charge is -2.25. The molecule has 28 heteroatoms. The summed E-state index contributed by atoms with van der Waals surface area (Å²) in [5.74, 6) is -6.89. The molecule has 2 aromatic carbocycles. The van der Waals surface area contributed by atoms with Crippen LogP contribution in [0.2, 0.25) is 0 Å². The minimum atomic E-state index is -1.10. The summed E-state index contributed by atoms with van der Waals surface area (Å²) in [6.07, 6.45) is 20.0. The van der Waals surface area contributed by atoms with Gasteiger partial charge in [-0.3, -0.25) is 19.2 Å². The highest BCUT2D eigenvalue weighted by molar-refractivity contribution is 6.06. The molecule has 0 spiro atoms. The van der Waals surface area contributed by atoms with Crippen molar-refractivity contribution in [3.8, 4) is 0 Å². The van der Waals surface area contributed by atoms with Gasteiger partial charge in [-0.05, 0) is 160 Å². The molecule has 5 N–H and O–H groups in total. The second-order valence-corrected chi connectivity index (χ2v) is 33.8. The molecule has 2 rings (SSSR count). The molecule has 11 unspecified atom stereocenters. The van der Waals surface area contributed by atoms with Crippen molar-refractivity contribution in [2.45, 2.75) is 430 Å². The molecule has 722 valence electrons. The lowest BCUT2D eigenvalue weighted by molar-refractivity contribution is -0.141. The third-order valence-corrected chi connectivity index (χ3v) is 22.4. The zero-order chi connectivity index (χ0) is 93.1. The third kappa shape index (κ3) is 53.1. The van der Waals surface area contributed by atoms with Gasteiger partial charge in [-0.1, -0.05) is 207 Å². The first kappa shape index (κ1) is 115. The van der Waals surface area contributed by atoms with Gasteiger partial charge in [-0.15, -0.1) is 0 Å². The predicted octanol–water partition coefficient (Wildman–Crippen LogP) is 18.3. The van der Waals surface area contributed by atoms with Gasteiger partial charge in [0.05, 0.1) is 125 Å². The predicted molar refractivity (Wildman–Crippen MR) is 479 cm³/mol. The van der Waals surface area contributed by atoms with E-state index in [4.69, 9.17) is 61.6 Å². The van der Waals surface area contributed by atoms with Crippen molar-refractivity contribution in [2.75, 3.05) is 61.5 Å². The van der Waals surface area contributed by atoms with Crippen molar-refractivity contribution >= 4 is 59.7 Å². The maximum Gasteiger partial charge on any atom is 0.339 e. The van der Waals surface area contributed by atoms with Crippen LogP contribution in [-0.4, -0.2) is 220 Å². The number of carbonyl (C=O) groups is 10. The molecule has 0 fully saturated rings. The van der Waals surface area contributed by atoms with Crippen molar-refractivity contribution < 1.29 is 135 Å². The van der Waals surface area contributed by atoms with Gasteiger partial charge in [0.15, 0.2) is 0 Å². The molecule has 0 bridgehead atoms. The Morgan fingerprint density at radius 3 is 0.762 bits per heavy atom. The summed E-state index contributed by atoms with van der Waals surface area (Å²) in [5, 5.41) is 57.0. The maximum absolute atomic E-state index is 14.8. The molecule has 0 saturated carbocycles. The highest BCUT2D eigenvalue weighted by Crippen LogP contribution is 2.29. The first-order valence-electron chi connectivity index (χ1n) is 47.7. The second kappa shape index (κ2) is 72.6. The third-order valence-electron chi connectivity index (χ3n) is 22.4. The van der Waals surface area contributed by atoms with Crippen LogP contribution in [0.25, 0.3) is 0 Å². The Kier molecular flexibility index (Phi) is 66.2. The van der Waals surface area contributed by atoms with Gasteiger partial charge in [-0.25, -0.2) is 28.8 Å². The van der Waals surface area contributed by atoms with E-state index in [1.54, 1.807) is 13.8 Å². The monoisotopic (exact) mass is 1790 g/mol. The van der Waals surface area contributed by atoms with Crippen LogP contribution in [0.1, 0.15) is 419 Å². The fourth-order valence-corrected chi connectivity index (χ4v) is 14.7. The van der Waals surface area contributed by atoms with Crippen LogP contribution in [0.15, 0.2) is 36.4 Å². The van der Waals surface area contributed by atoms with Gasteiger partial charge in [-0.2, -0.15) is 0 Å². The van der Waals surface area contributed by atoms with Crippen LogP contribution >= 0.6 is 0 Å². The Bertz CT molecular complexity index is 3080. The molecule has 2 aromatic rings. The number of aliphatic hydroxyl groups is 5. The molecule has 28 nitrogen and oxygen atoms in total. The number of benzene rings is 2. The van der Waals surface area contributed by atoms with Crippen molar-refractivity contribution in [3.05, 3.63) is 69.8 Å². The first-order chi connectivity index (χ1) is 60.7. The molecule has 0 radical (unpaired) electrons. The highest BCUT2D eigenvalue weighted by Gasteiger charge is 2.34. The van der Waals surface area contributed by atoms with Gasteiger partial charge in [0.25, 0.3) is 0 Å². The summed E-state index contributed by atoms with van der Waals surface area (Å²) < 4.78 is 73.6. The number of hydrogen-bond donors (Lipinski definition) is 5. The van der Waals surface area contributed by atoms with Crippen LogP contribution < -0.4 is 0 Å². The number of ether oxygens (including phenoxy) is 13. The van der Waals surface area contributed by atoms with E-state index in [-0.39, 0.29) is 129 Å². The Balaban J connectivity index is 2.57. The van der Waals surface area contributed by atoms with E-state index in [1.165, 1.54) is 71.8 Å². The molecule has 0 aliphatic carbocycles. The van der Waals surface area contributed by atoms with E-state index < -0.39 is 109 Å². The lowest BCUT2D eigenvalue weighted by atomic mass is 9.98. The molecule has 126 heavy (non-hydrogen) atoms. The summed E-state index contributed by atoms with van der Waals surface area (Å²) in [5.41, 5.74) is -1.42. The van der Waals surface area contributed by atoms with Gasteiger partial charge in [0.1, 0.15) is 42.7 Å². The fraction of sp³-hybridized carbons (Fsp3) is 0.776. The quantitative estimate of drug-likeness (QED) is 0.0233. The summed E-state index contributed by atoms with van der Waals surface area (Å²) in [6, 6.07) is 7.59. The van der Waals surface area contributed by atoms with E-state index in [9.17, 15) is 73.5 Å². The van der Waals surface area contributed by atoms with Gasteiger partial charge < -0.3 is 87.1 Å². The number of rotatable bonds is 79. The zero-order valence-corrected chi connectivity index (χ0v) is 78.5. The summed E-state index contributed by atoms with van der Waals surface area (Å²) >= 11 is 0. The topological polar surface area (TPSA) is 392 Å². The van der Waals surface area contributed by atoms with Crippen molar-refractivity contribution in [2.24, 2.45) is 0 Å². The molecule has 0 saturated heterocycles. The average Bonchev–Trinajstić information content (AvgIpc) is 0.811. The fourth-order valence-electron chi connectivity index (χ4n) is 14.7.